The van der Waals surface area contributed by atoms with Crippen LogP contribution in [0.4, 0.5) is 0 Å². The maximum Gasteiger partial charge on any atom is 0.224 e. The molecule has 0 spiro atoms. The molecule has 1 aliphatic rings. The predicted molar refractivity (Wildman–Crippen MR) is 78.5 cm³/mol. The zero-order valence-electron chi connectivity index (χ0n) is 11.5. The minimum atomic E-state index is 0.00557. The Morgan fingerprint density at radius 2 is 2.00 bits per heavy atom. The molecule has 1 unspecified atom stereocenters. The van der Waals surface area contributed by atoms with Crippen molar-refractivity contribution in [2.75, 3.05) is 20.1 Å². The van der Waals surface area contributed by atoms with E-state index < -0.39 is 0 Å². The quantitative estimate of drug-likeness (QED) is 0.840. The van der Waals surface area contributed by atoms with Crippen molar-refractivity contribution >= 4 is 17.5 Å². The van der Waals surface area contributed by atoms with Crippen LogP contribution in [0, 0.1) is 5.92 Å². The summed E-state index contributed by atoms with van der Waals surface area (Å²) in [5, 5.41) is 6.85. The molecular formula is C15H21ClN2O. The molecule has 1 saturated carbocycles. The van der Waals surface area contributed by atoms with Gasteiger partial charge in [-0.15, -0.1) is 0 Å². The molecule has 1 aromatic rings. The van der Waals surface area contributed by atoms with E-state index in [4.69, 9.17) is 11.6 Å². The third-order valence-electron chi connectivity index (χ3n) is 3.87. The average Bonchev–Trinajstić information content (AvgIpc) is 3.18. The van der Waals surface area contributed by atoms with E-state index in [0.29, 0.717) is 6.54 Å². The Labute approximate surface area is 119 Å². The van der Waals surface area contributed by atoms with Gasteiger partial charge in [-0.05, 0) is 37.6 Å². The number of carbonyl (C=O) groups excluding carboxylic acids is 1. The van der Waals surface area contributed by atoms with Gasteiger partial charge in [-0.2, -0.15) is 0 Å². The molecule has 2 rings (SSSR count). The lowest BCUT2D eigenvalue weighted by atomic mass is 9.96. The number of amides is 1. The van der Waals surface area contributed by atoms with Crippen LogP contribution in [0.15, 0.2) is 24.3 Å². The Bertz CT molecular complexity index is 440. The Hall–Kier alpha value is -1.06. The van der Waals surface area contributed by atoms with Crippen molar-refractivity contribution in [3.8, 4) is 0 Å². The highest BCUT2D eigenvalue weighted by Crippen LogP contribution is 2.47. The maximum atomic E-state index is 11.9. The van der Waals surface area contributed by atoms with Crippen LogP contribution in [0.3, 0.4) is 0 Å². The summed E-state index contributed by atoms with van der Waals surface area (Å²) in [6.07, 6.45) is 2.27. The van der Waals surface area contributed by atoms with Crippen LogP contribution in [0.2, 0.25) is 5.02 Å². The Balaban J connectivity index is 1.92. The Morgan fingerprint density at radius 1 is 1.37 bits per heavy atom. The minimum absolute atomic E-state index is 0.00557. The van der Waals surface area contributed by atoms with Crippen molar-refractivity contribution < 1.29 is 4.79 Å². The van der Waals surface area contributed by atoms with Crippen molar-refractivity contribution in [3.05, 3.63) is 34.9 Å². The number of hydrogen-bond donors (Lipinski definition) is 2. The average molecular weight is 281 g/mol. The fourth-order valence-corrected chi connectivity index (χ4v) is 2.48. The highest BCUT2D eigenvalue weighted by Gasteiger charge is 2.44. The molecule has 1 fully saturated rings. The van der Waals surface area contributed by atoms with Gasteiger partial charge in [0.1, 0.15) is 0 Å². The van der Waals surface area contributed by atoms with E-state index in [1.54, 1.807) is 0 Å². The van der Waals surface area contributed by atoms with E-state index in [9.17, 15) is 4.79 Å². The molecule has 0 aromatic heterocycles. The Morgan fingerprint density at radius 3 is 2.53 bits per heavy atom. The van der Waals surface area contributed by atoms with Crippen LogP contribution >= 0.6 is 11.6 Å². The third-order valence-corrected chi connectivity index (χ3v) is 4.12. The lowest BCUT2D eigenvalue weighted by molar-refractivity contribution is -0.124. The zero-order chi connectivity index (χ0) is 13.9. The van der Waals surface area contributed by atoms with E-state index in [0.717, 1.165) is 24.4 Å². The molecule has 1 aromatic carbocycles. The molecule has 0 heterocycles. The summed E-state index contributed by atoms with van der Waals surface area (Å²) >= 11 is 5.91. The molecule has 4 heteroatoms. The van der Waals surface area contributed by atoms with Gasteiger partial charge in [-0.25, -0.2) is 0 Å². The second-order valence-electron chi connectivity index (χ2n) is 5.46. The molecule has 104 valence electrons. The van der Waals surface area contributed by atoms with Gasteiger partial charge < -0.3 is 10.6 Å². The normalized spacial score (nSPS) is 17.8. The first-order valence-electron chi connectivity index (χ1n) is 6.76. The smallest absolute Gasteiger partial charge is 0.224 e. The first-order chi connectivity index (χ1) is 9.07. The van der Waals surface area contributed by atoms with Crippen molar-refractivity contribution in [3.63, 3.8) is 0 Å². The van der Waals surface area contributed by atoms with E-state index in [1.165, 1.54) is 5.56 Å². The van der Waals surface area contributed by atoms with E-state index >= 15 is 0 Å². The fourth-order valence-electron chi connectivity index (χ4n) is 2.35. The second kappa shape index (κ2) is 5.93. The molecule has 0 saturated heterocycles. The minimum Gasteiger partial charge on any atom is -0.355 e. The summed E-state index contributed by atoms with van der Waals surface area (Å²) in [6.45, 7) is 3.37. The molecular weight excluding hydrogens is 260 g/mol. The van der Waals surface area contributed by atoms with Crippen LogP contribution in [0.5, 0.6) is 0 Å². The van der Waals surface area contributed by atoms with Crippen molar-refractivity contribution in [1.29, 1.82) is 0 Å². The standard InChI is InChI=1S/C15H21ClN2O/c1-11(9-17-2)14(19)18-10-15(7-8-15)12-3-5-13(16)6-4-12/h3-6,11,17H,7-10H2,1-2H3,(H,18,19). The van der Waals surface area contributed by atoms with Crippen molar-refractivity contribution in [1.82, 2.24) is 10.6 Å². The number of carbonyl (C=O) groups is 1. The van der Waals surface area contributed by atoms with Crippen molar-refractivity contribution in [2.45, 2.75) is 25.2 Å². The second-order valence-corrected chi connectivity index (χ2v) is 5.90. The first kappa shape index (κ1) is 14.4. The van der Waals surface area contributed by atoms with Gasteiger partial charge in [0.05, 0.1) is 0 Å². The number of hydrogen-bond acceptors (Lipinski definition) is 2. The number of halogens is 1. The van der Waals surface area contributed by atoms with E-state index in [2.05, 4.69) is 22.8 Å². The van der Waals surface area contributed by atoms with Gasteiger partial charge in [0.15, 0.2) is 0 Å². The summed E-state index contributed by atoms with van der Waals surface area (Å²) in [5.41, 5.74) is 1.41. The molecule has 1 amide bonds. The molecule has 3 nitrogen and oxygen atoms in total. The molecule has 0 radical (unpaired) electrons. The van der Waals surface area contributed by atoms with Crippen molar-refractivity contribution in [2.24, 2.45) is 5.92 Å². The van der Waals surface area contributed by atoms with E-state index in [-0.39, 0.29) is 17.2 Å². The molecule has 0 bridgehead atoms. The first-order valence-corrected chi connectivity index (χ1v) is 7.13. The van der Waals surface area contributed by atoms with Gasteiger partial charge in [-0.3, -0.25) is 4.79 Å². The Kier molecular flexibility index (Phi) is 4.48. The topological polar surface area (TPSA) is 41.1 Å². The van der Waals surface area contributed by atoms with Crippen LogP contribution in [-0.2, 0) is 10.2 Å². The number of benzene rings is 1. The summed E-state index contributed by atoms with van der Waals surface area (Å²) in [7, 11) is 1.86. The summed E-state index contributed by atoms with van der Waals surface area (Å²) in [5.74, 6) is 0.126. The van der Waals surface area contributed by atoms with Gasteiger partial charge >= 0.3 is 0 Å². The lowest BCUT2D eigenvalue weighted by Crippen LogP contribution is -2.38. The summed E-state index contributed by atoms with van der Waals surface area (Å²) in [6, 6.07) is 7.97. The summed E-state index contributed by atoms with van der Waals surface area (Å²) < 4.78 is 0. The monoisotopic (exact) mass is 280 g/mol. The number of rotatable bonds is 6. The fraction of sp³-hybridized carbons (Fsp3) is 0.533. The summed E-state index contributed by atoms with van der Waals surface area (Å²) in [4.78, 5) is 11.9. The van der Waals surface area contributed by atoms with E-state index in [1.807, 2.05) is 26.1 Å². The van der Waals surface area contributed by atoms with Crippen LogP contribution in [-0.4, -0.2) is 26.0 Å². The molecule has 2 N–H and O–H groups in total. The maximum absolute atomic E-state index is 11.9. The van der Waals surface area contributed by atoms with Gasteiger partial charge in [0.25, 0.3) is 0 Å². The molecule has 0 aliphatic heterocycles. The van der Waals surface area contributed by atoms with Crippen LogP contribution in [0.25, 0.3) is 0 Å². The van der Waals surface area contributed by atoms with Gasteiger partial charge in [0, 0.05) is 29.4 Å². The highest BCUT2D eigenvalue weighted by atomic mass is 35.5. The van der Waals surface area contributed by atoms with Crippen LogP contribution in [0.1, 0.15) is 25.3 Å². The van der Waals surface area contributed by atoms with Gasteiger partial charge in [-0.1, -0.05) is 30.7 Å². The lowest BCUT2D eigenvalue weighted by Gasteiger charge is -2.18. The number of nitrogens with one attached hydrogen (secondary N) is 2. The third kappa shape index (κ3) is 3.48. The largest absolute Gasteiger partial charge is 0.355 e. The van der Waals surface area contributed by atoms with Gasteiger partial charge in [0.2, 0.25) is 5.91 Å². The zero-order valence-corrected chi connectivity index (χ0v) is 12.3. The molecule has 19 heavy (non-hydrogen) atoms. The highest BCUT2D eigenvalue weighted by molar-refractivity contribution is 6.30. The predicted octanol–water partition coefficient (Wildman–Crippen LogP) is 2.34. The SMILES string of the molecule is CNCC(C)C(=O)NCC1(c2ccc(Cl)cc2)CC1. The molecule has 1 atom stereocenters. The molecule has 1 aliphatic carbocycles. The van der Waals surface area contributed by atoms with Crippen LogP contribution < -0.4 is 10.6 Å².